The van der Waals surface area contributed by atoms with Gasteiger partial charge in [0.05, 0.1) is 9.95 Å². The van der Waals surface area contributed by atoms with Crippen LogP contribution in [-0.2, 0) is 0 Å². The van der Waals surface area contributed by atoms with Gasteiger partial charge in [0.15, 0.2) is 0 Å². The molecule has 1 amide bonds. The highest BCUT2D eigenvalue weighted by Crippen LogP contribution is 2.27. The number of nitrogens with one attached hydrogen (secondary N) is 1. The molecule has 108 valence electrons. The molecule has 8 heteroatoms. The summed E-state index contributed by atoms with van der Waals surface area (Å²) in [5.74, 6) is -1.32. The Morgan fingerprint density at radius 3 is 2.62 bits per heavy atom. The summed E-state index contributed by atoms with van der Waals surface area (Å²) in [6.45, 7) is 0. The van der Waals surface area contributed by atoms with Crippen LogP contribution in [0.15, 0.2) is 40.9 Å². The van der Waals surface area contributed by atoms with Crippen molar-refractivity contribution in [1.29, 1.82) is 0 Å². The highest BCUT2D eigenvalue weighted by molar-refractivity contribution is 9.10. The predicted octanol–water partition coefficient (Wildman–Crippen LogP) is 4.40. The second kappa shape index (κ2) is 6.19. The van der Waals surface area contributed by atoms with Crippen molar-refractivity contribution in [1.82, 2.24) is 0 Å². The lowest BCUT2D eigenvalue weighted by atomic mass is 10.2. The maximum atomic E-state index is 13.2. The predicted molar refractivity (Wildman–Crippen MR) is 80.2 cm³/mol. The van der Waals surface area contributed by atoms with E-state index in [4.69, 9.17) is 11.6 Å². The van der Waals surface area contributed by atoms with E-state index < -0.39 is 22.3 Å². The van der Waals surface area contributed by atoms with Crippen molar-refractivity contribution in [2.24, 2.45) is 0 Å². The molecular weight excluding hydrogens is 367 g/mol. The number of nitrogens with zero attached hydrogens (tertiary/aromatic N) is 1. The van der Waals surface area contributed by atoms with Gasteiger partial charge >= 0.3 is 0 Å². The molecule has 0 radical (unpaired) electrons. The summed E-state index contributed by atoms with van der Waals surface area (Å²) in [6, 6.07) is 7.26. The average Bonchev–Trinajstić information content (AvgIpc) is 2.41. The van der Waals surface area contributed by atoms with E-state index in [2.05, 4.69) is 21.2 Å². The highest BCUT2D eigenvalue weighted by Gasteiger charge is 2.17. The first-order valence-corrected chi connectivity index (χ1v) is 6.76. The molecule has 0 heterocycles. The first-order valence-electron chi connectivity index (χ1n) is 5.59. The first-order chi connectivity index (χ1) is 9.88. The number of hydrogen-bond donors (Lipinski definition) is 1. The number of nitro benzene ring substituents is 1. The molecule has 0 aromatic heterocycles. The maximum absolute atomic E-state index is 13.2. The third kappa shape index (κ3) is 3.56. The lowest BCUT2D eigenvalue weighted by Crippen LogP contribution is -2.13. The normalized spacial score (nSPS) is 10.2. The Morgan fingerprint density at radius 2 is 2.00 bits per heavy atom. The molecule has 5 nitrogen and oxygen atoms in total. The Hall–Kier alpha value is -1.99. The zero-order chi connectivity index (χ0) is 15.6. The van der Waals surface area contributed by atoms with E-state index in [1.807, 2.05) is 0 Å². The summed E-state index contributed by atoms with van der Waals surface area (Å²) in [7, 11) is 0. The number of carbonyl (C=O) groups excluding carboxylic acids is 1. The minimum absolute atomic E-state index is 0.196. The van der Waals surface area contributed by atoms with Crippen molar-refractivity contribution in [3.8, 4) is 0 Å². The molecular formula is C13H7BrClFN2O3. The fourth-order valence-electron chi connectivity index (χ4n) is 1.60. The van der Waals surface area contributed by atoms with Crippen molar-refractivity contribution in [2.45, 2.75) is 0 Å². The third-order valence-corrected chi connectivity index (χ3v) is 3.82. The van der Waals surface area contributed by atoms with Crippen LogP contribution < -0.4 is 5.32 Å². The van der Waals surface area contributed by atoms with Gasteiger partial charge in [-0.05, 0) is 40.2 Å². The van der Waals surface area contributed by atoms with E-state index in [0.717, 1.165) is 18.2 Å². The van der Waals surface area contributed by atoms with Gasteiger partial charge in [-0.1, -0.05) is 11.6 Å². The van der Waals surface area contributed by atoms with Gasteiger partial charge in [-0.3, -0.25) is 14.9 Å². The standard InChI is InChI=1S/C13H7BrClFN2O3/c14-9-3-1-7(5-10(9)15)13(19)17-11-6-8(16)2-4-12(11)18(20)21/h1-6H,(H,17,19). The van der Waals surface area contributed by atoms with Crippen LogP contribution in [0.2, 0.25) is 5.02 Å². The second-order valence-corrected chi connectivity index (χ2v) is 5.26. The molecule has 0 unspecified atom stereocenters. The van der Waals surface area contributed by atoms with Crippen molar-refractivity contribution in [2.75, 3.05) is 5.32 Å². The minimum atomic E-state index is -0.705. The van der Waals surface area contributed by atoms with E-state index in [1.165, 1.54) is 12.1 Å². The smallest absolute Gasteiger partial charge is 0.292 e. The molecule has 0 saturated heterocycles. The Balaban J connectivity index is 2.33. The number of hydrogen-bond acceptors (Lipinski definition) is 3. The van der Waals surface area contributed by atoms with Gasteiger partial charge in [-0.25, -0.2) is 4.39 Å². The molecule has 0 fully saturated rings. The van der Waals surface area contributed by atoms with Crippen LogP contribution in [0.4, 0.5) is 15.8 Å². The Kier molecular flexibility index (Phi) is 4.54. The van der Waals surface area contributed by atoms with E-state index in [0.29, 0.717) is 9.50 Å². The van der Waals surface area contributed by atoms with Crippen LogP contribution in [-0.4, -0.2) is 10.8 Å². The van der Waals surface area contributed by atoms with E-state index in [9.17, 15) is 19.3 Å². The van der Waals surface area contributed by atoms with Gasteiger partial charge in [-0.15, -0.1) is 0 Å². The van der Waals surface area contributed by atoms with E-state index in [-0.39, 0.29) is 11.3 Å². The Morgan fingerprint density at radius 1 is 1.29 bits per heavy atom. The highest BCUT2D eigenvalue weighted by atomic mass is 79.9. The number of amides is 1. The van der Waals surface area contributed by atoms with Crippen molar-refractivity contribution < 1.29 is 14.1 Å². The number of nitro groups is 1. The summed E-state index contributed by atoms with van der Waals surface area (Å²) in [5.41, 5.74) is -0.418. The van der Waals surface area contributed by atoms with Gasteiger partial charge in [0, 0.05) is 22.2 Å². The minimum Gasteiger partial charge on any atom is -0.316 e. The lowest BCUT2D eigenvalue weighted by molar-refractivity contribution is -0.384. The topological polar surface area (TPSA) is 72.2 Å². The number of anilines is 1. The van der Waals surface area contributed by atoms with Crippen LogP contribution in [0.3, 0.4) is 0 Å². The van der Waals surface area contributed by atoms with Gasteiger partial charge in [-0.2, -0.15) is 0 Å². The number of carbonyl (C=O) groups is 1. The molecule has 2 aromatic carbocycles. The fraction of sp³-hybridized carbons (Fsp3) is 0. The Bertz CT molecular complexity index is 739. The van der Waals surface area contributed by atoms with Crippen LogP contribution in [0.5, 0.6) is 0 Å². The molecule has 21 heavy (non-hydrogen) atoms. The van der Waals surface area contributed by atoms with Crippen LogP contribution >= 0.6 is 27.5 Å². The Labute approximate surface area is 132 Å². The maximum Gasteiger partial charge on any atom is 0.292 e. The summed E-state index contributed by atoms with van der Waals surface area (Å²) < 4.78 is 13.8. The molecule has 0 bridgehead atoms. The van der Waals surface area contributed by atoms with Crippen molar-refractivity contribution in [3.05, 3.63) is 67.4 Å². The van der Waals surface area contributed by atoms with Gasteiger partial charge in [0.1, 0.15) is 11.5 Å². The monoisotopic (exact) mass is 372 g/mol. The zero-order valence-electron chi connectivity index (χ0n) is 10.3. The van der Waals surface area contributed by atoms with Crippen LogP contribution in [0.1, 0.15) is 10.4 Å². The molecule has 0 aliphatic rings. The van der Waals surface area contributed by atoms with Crippen LogP contribution in [0, 0.1) is 15.9 Å². The first kappa shape index (κ1) is 15.4. The molecule has 0 saturated carbocycles. The van der Waals surface area contributed by atoms with Gasteiger partial charge < -0.3 is 5.32 Å². The van der Waals surface area contributed by atoms with Crippen molar-refractivity contribution in [3.63, 3.8) is 0 Å². The molecule has 2 rings (SSSR count). The molecule has 0 spiro atoms. The van der Waals surface area contributed by atoms with E-state index >= 15 is 0 Å². The largest absolute Gasteiger partial charge is 0.316 e. The lowest BCUT2D eigenvalue weighted by Gasteiger charge is -2.07. The van der Waals surface area contributed by atoms with Gasteiger partial charge in [0.2, 0.25) is 0 Å². The fourth-order valence-corrected chi connectivity index (χ4v) is 2.03. The van der Waals surface area contributed by atoms with Crippen molar-refractivity contribution >= 4 is 44.8 Å². The third-order valence-electron chi connectivity index (χ3n) is 2.59. The summed E-state index contributed by atoms with van der Waals surface area (Å²) in [6.07, 6.45) is 0. The molecule has 0 aliphatic heterocycles. The number of halogens is 3. The molecule has 0 aliphatic carbocycles. The summed E-state index contributed by atoms with van der Waals surface area (Å²) >= 11 is 9.06. The quantitative estimate of drug-likeness (QED) is 0.640. The zero-order valence-corrected chi connectivity index (χ0v) is 12.6. The number of rotatable bonds is 3. The van der Waals surface area contributed by atoms with Gasteiger partial charge in [0.25, 0.3) is 11.6 Å². The average molecular weight is 374 g/mol. The van der Waals surface area contributed by atoms with E-state index in [1.54, 1.807) is 6.07 Å². The molecule has 0 atom stereocenters. The molecule has 2 aromatic rings. The summed E-state index contributed by atoms with van der Waals surface area (Å²) in [5, 5.41) is 13.5. The van der Waals surface area contributed by atoms with Crippen LogP contribution in [0.25, 0.3) is 0 Å². The SMILES string of the molecule is O=C(Nc1cc(F)ccc1[N+](=O)[O-])c1ccc(Br)c(Cl)c1. The number of benzene rings is 2. The molecule has 1 N–H and O–H groups in total. The second-order valence-electron chi connectivity index (χ2n) is 4.00. The summed E-state index contributed by atoms with van der Waals surface area (Å²) in [4.78, 5) is 22.2.